The molecule has 0 atom stereocenters. The number of aromatic nitrogens is 2. The van der Waals surface area contributed by atoms with Crippen molar-refractivity contribution in [3.8, 4) is 11.6 Å². The summed E-state index contributed by atoms with van der Waals surface area (Å²) in [6.45, 7) is 3.25. The molecule has 2 heterocycles. The van der Waals surface area contributed by atoms with E-state index < -0.39 is 10.0 Å². The predicted molar refractivity (Wildman–Crippen MR) is 102 cm³/mol. The van der Waals surface area contributed by atoms with Crippen molar-refractivity contribution < 1.29 is 17.9 Å². The first-order valence-electron chi connectivity index (χ1n) is 8.67. The second kappa shape index (κ2) is 8.41. The summed E-state index contributed by atoms with van der Waals surface area (Å²) >= 11 is 6.07. The summed E-state index contributed by atoms with van der Waals surface area (Å²) in [5.41, 5.74) is 0.833. The van der Waals surface area contributed by atoms with Gasteiger partial charge in [0.05, 0.1) is 29.3 Å². The third-order valence-electron chi connectivity index (χ3n) is 4.57. The van der Waals surface area contributed by atoms with E-state index in [1.165, 1.54) is 23.5 Å². The van der Waals surface area contributed by atoms with Gasteiger partial charge in [-0.05, 0) is 49.9 Å². The van der Waals surface area contributed by atoms with E-state index in [0.29, 0.717) is 31.3 Å². The van der Waals surface area contributed by atoms with Crippen LogP contribution in [0.5, 0.6) is 11.6 Å². The second-order valence-corrected chi connectivity index (χ2v) is 8.81. The lowest BCUT2D eigenvalue weighted by Gasteiger charge is -2.31. The molecule has 1 aliphatic heterocycles. The normalized spacial score (nSPS) is 16.3. The van der Waals surface area contributed by atoms with Gasteiger partial charge in [0.15, 0.2) is 0 Å². The van der Waals surface area contributed by atoms with Crippen LogP contribution in [-0.2, 0) is 10.0 Å². The minimum absolute atomic E-state index is 0.179. The molecule has 1 saturated heterocycles. The average Bonchev–Trinajstić information content (AvgIpc) is 2.68. The summed E-state index contributed by atoms with van der Waals surface area (Å²) in [6, 6.07) is 8.15. The number of rotatable bonds is 6. The Balaban J connectivity index is 1.57. The summed E-state index contributed by atoms with van der Waals surface area (Å²) in [4.78, 5) is 0.179. The zero-order valence-electron chi connectivity index (χ0n) is 15.3. The molecule has 0 spiro atoms. The molecular weight excluding hydrogens is 390 g/mol. The van der Waals surface area contributed by atoms with Crippen LogP contribution in [0, 0.1) is 12.8 Å². The van der Waals surface area contributed by atoms with E-state index in [9.17, 15) is 8.42 Å². The van der Waals surface area contributed by atoms with Crippen molar-refractivity contribution in [3.63, 3.8) is 0 Å². The standard InChI is InChI=1S/C18H22ClN3O4S/c1-13-3-6-18(21-20-13)26-12-14-7-9-22(10-8-14)27(23,24)15-4-5-17(25-2)16(19)11-15/h3-6,11,14H,7-10,12H2,1-2H3. The van der Waals surface area contributed by atoms with Crippen LogP contribution in [-0.4, -0.2) is 49.7 Å². The number of benzene rings is 1. The maximum atomic E-state index is 12.8. The van der Waals surface area contributed by atoms with Gasteiger partial charge in [0, 0.05) is 19.2 Å². The Morgan fingerprint density at radius 3 is 2.52 bits per heavy atom. The molecule has 3 rings (SSSR count). The Labute approximate surface area is 164 Å². The highest BCUT2D eigenvalue weighted by Crippen LogP contribution is 2.30. The fourth-order valence-electron chi connectivity index (χ4n) is 2.94. The molecule has 7 nitrogen and oxygen atoms in total. The number of methoxy groups -OCH3 is 1. The van der Waals surface area contributed by atoms with Crippen LogP contribution in [0.1, 0.15) is 18.5 Å². The molecule has 0 N–H and O–H groups in total. The zero-order valence-corrected chi connectivity index (χ0v) is 16.8. The topological polar surface area (TPSA) is 81.6 Å². The van der Waals surface area contributed by atoms with Gasteiger partial charge in [-0.15, -0.1) is 5.10 Å². The van der Waals surface area contributed by atoms with E-state index in [-0.39, 0.29) is 15.8 Å². The fraction of sp³-hybridized carbons (Fsp3) is 0.444. The van der Waals surface area contributed by atoms with Crippen LogP contribution in [0.25, 0.3) is 0 Å². The quantitative estimate of drug-likeness (QED) is 0.726. The minimum Gasteiger partial charge on any atom is -0.495 e. The van der Waals surface area contributed by atoms with Gasteiger partial charge in [0.1, 0.15) is 5.75 Å². The lowest BCUT2D eigenvalue weighted by molar-refractivity contribution is 0.180. The van der Waals surface area contributed by atoms with Gasteiger partial charge in [-0.1, -0.05) is 11.6 Å². The highest BCUT2D eigenvalue weighted by molar-refractivity contribution is 7.89. The molecule has 1 fully saturated rings. The van der Waals surface area contributed by atoms with Crippen LogP contribution < -0.4 is 9.47 Å². The molecular formula is C18H22ClN3O4S. The molecule has 0 saturated carbocycles. The van der Waals surface area contributed by atoms with Crippen LogP contribution in [0.4, 0.5) is 0 Å². The number of aryl methyl sites for hydroxylation is 1. The number of piperidine rings is 1. The maximum Gasteiger partial charge on any atom is 0.243 e. The molecule has 1 aliphatic rings. The van der Waals surface area contributed by atoms with Crippen molar-refractivity contribution in [1.29, 1.82) is 0 Å². The summed E-state index contributed by atoms with van der Waals surface area (Å²) in [7, 11) is -2.08. The van der Waals surface area contributed by atoms with E-state index in [1.807, 2.05) is 13.0 Å². The van der Waals surface area contributed by atoms with Crippen molar-refractivity contribution in [2.24, 2.45) is 5.92 Å². The van der Waals surface area contributed by atoms with Gasteiger partial charge < -0.3 is 9.47 Å². The average molecular weight is 412 g/mol. The Bertz CT molecular complexity index is 882. The van der Waals surface area contributed by atoms with E-state index in [1.54, 1.807) is 12.1 Å². The predicted octanol–water partition coefficient (Wildman–Crippen LogP) is 2.93. The number of sulfonamides is 1. The lowest BCUT2D eigenvalue weighted by atomic mass is 9.99. The van der Waals surface area contributed by atoms with Gasteiger partial charge in [-0.3, -0.25) is 0 Å². The van der Waals surface area contributed by atoms with E-state index in [4.69, 9.17) is 21.1 Å². The second-order valence-electron chi connectivity index (χ2n) is 6.47. The van der Waals surface area contributed by atoms with Crippen molar-refractivity contribution >= 4 is 21.6 Å². The summed E-state index contributed by atoms with van der Waals surface area (Å²) in [5, 5.41) is 8.21. The number of nitrogens with zero attached hydrogens (tertiary/aromatic N) is 3. The Hall–Kier alpha value is -1.90. The fourth-order valence-corrected chi connectivity index (χ4v) is 4.76. The third kappa shape index (κ3) is 4.69. The van der Waals surface area contributed by atoms with E-state index >= 15 is 0 Å². The molecule has 9 heteroatoms. The molecule has 2 aromatic rings. The largest absolute Gasteiger partial charge is 0.495 e. The van der Waals surface area contributed by atoms with E-state index in [2.05, 4.69) is 10.2 Å². The Morgan fingerprint density at radius 1 is 1.19 bits per heavy atom. The summed E-state index contributed by atoms with van der Waals surface area (Å²) in [5.74, 6) is 1.22. The molecule has 0 radical (unpaired) electrons. The molecule has 146 valence electrons. The van der Waals surface area contributed by atoms with Gasteiger partial charge in [0.25, 0.3) is 0 Å². The van der Waals surface area contributed by atoms with Gasteiger partial charge in [-0.25, -0.2) is 8.42 Å². The molecule has 27 heavy (non-hydrogen) atoms. The van der Waals surface area contributed by atoms with Crippen molar-refractivity contribution in [2.75, 3.05) is 26.8 Å². The zero-order chi connectivity index (χ0) is 19.4. The highest BCUT2D eigenvalue weighted by Gasteiger charge is 2.30. The first kappa shape index (κ1) is 19.9. The van der Waals surface area contributed by atoms with Crippen LogP contribution in [0.15, 0.2) is 35.2 Å². The molecule has 1 aromatic heterocycles. The number of ether oxygens (including phenoxy) is 2. The molecule has 0 amide bonds. The molecule has 0 bridgehead atoms. The van der Waals surface area contributed by atoms with Crippen molar-refractivity contribution in [3.05, 3.63) is 41.0 Å². The SMILES string of the molecule is COc1ccc(S(=O)(=O)N2CCC(COc3ccc(C)nn3)CC2)cc1Cl. The monoisotopic (exact) mass is 411 g/mol. The lowest BCUT2D eigenvalue weighted by Crippen LogP contribution is -2.39. The summed E-state index contributed by atoms with van der Waals surface area (Å²) < 4.78 is 37.9. The third-order valence-corrected chi connectivity index (χ3v) is 6.76. The van der Waals surface area contributed by atoms with Gasteiger partial charge >= 0.3 is 0 Å². The number of halogens is 1. The van der Waals surface area contributed by atoms with Gasteiger partial charge in [-0.2, -0.15) is 9.40 Å². The van der Waals surface area contributed by atoms with Crippen molar-refractivity contribution in [2.45, 2.75) is 24.7 Å². The van der Waals surface area contributed by atoms with Gasteiger partial charge in [0.2, 0.25) is 15.9 Å². The Kier molecular flexibility index (Phi) is 6.18. The number of hydrogen-bond donors (Lipinski definition) is 0. The number of hydrogen-bond acceptors (Lipinski definition) is 6. The summed E-state index contributed by atoms with van der Waals surface area (Å²) in [6.07, 6.45) is 1.45. The smallest absolute Gasteiger partial charge is 0.243 e. The Morgan fingerprint density at radius 2 is 1.93 bits per heavy atom. The maximum absolute atomic E-state index is 12.8. The first-order chi connectivity index (χ1) is 12.9. The molecule has 0 unspecified atom stereocenters. The van der Waals surface area contributed by atoms with Crippen LogP contribution in [0.2, 0.25) is 5.02 Å². The van der Waals surface area contributed by atoms with Crippen LogP contribution in [0.3, 0.4) is 0 Å². The van der Waals surface area contributed by atoms with Crippen molar-refractivity contribution in [1.82, 2.24) is 14.5 Å². The first-order valence-corrected chi connectivity index (χ1v) is 10.5. The molecule has 1 aromatic carbocycles. The highest BCUT2D eigenvalue weighted by atomic mass is 35.5. The molecule has 0 aliphatic carbocycles. The van der Waals surface area contributed by atoms with E-state index in [0.717, 1.165) is 18.5 Å². The minimum atomic E-state index is -3.57. The van der Waals surface area contributed by atoms with Crippen LogP contribution >= 0.6 is 11.6 Å².